The Kier molecular flexibility index (Phi) is 5.64. The number of carbonyl (C=O) groups excluding carboxylic acids is 2. The van der Waals surface area contributed by atoms with E-state index in [0.29, 0.717) is 6.42 Å². The molecule has 1 aliphatic carbocycles. The quantitative estimate of drug-likeness (QED) is 0.643. The van der Waals surface area contributed by atoms with Crippen molar-refractivity contribution in [3.8, 4) is 5.75 Å². The number of ether oxygens (including phenoxy) is 2. The summed E-state index contributed by atoms with van der Waals surface area (Å²) in [4.78, 5) is 26.1. The zero-order chi connectivity index (χ0) is 19.6. The van der Waals surface area contributed by atoms with E-state index in [1.807, 2.05) is 0 Å². The van der Waals surface area contributed by atoms with E-state index in [9.17, 15) is 26.8 Å². The number of hydrogen-bond acceptors (Lipinski definition) is 6. The van der Waals surface area contributed by atoms with Crippen LogP contribution >= 0.6 is 0 Å². The minimum atomic E-state index is -3.13. The lowest BCUT2D eigenvalue weighted by molar-refractivity contribution is -0.137. The maximum Gasteiger partial charge on any atom is 0.387 e. The molecule has 1 atom stereocenters. The molecule has 3 rings (SSSR count). The van der Waals surface area contributed by atoms with Gasteiger partial charge in [0.2, 0.25) is 0 Å². The predicted molar refractivity (Wildman–Crippen MR) is 90.3 cm³/mol. The molecule has 27 heavy (non-hydrogen) atoms. The normalized spacial score (nSPS) is 21.1. The summed E-state index contributed by atoms with van der Waals surface area (Å²) in [6.07, 6.45) is 2.01. The lowest BCUT2D eigenvalue weighted by Gasteiger charge is -2.28. The Morgan fingerprint density at radius 3 is 2.30 bits per heavy atom. The molecular weight excluding hydrogens is 384 g/mol. The van der Waals surface area contributed by atoms with Crippen LogP contribution in [0.25, 0.3) is 0 Å². The summed E-state index contributed by atoms with van der Waals surface area (Å²) >= 11 is 0. The minimum Gasteiger partial charge on any atom is -0.452 e. The van der Waals surface area contributed by atoms with Gasteiger partial charge in [0.05, 0.1) is 17.1 Å². The molecular formula is C17H19F2NO6S. The first-order valence-electron chi connectivity index (χ1n) is 8.49. The monoisotopic (exact) mass is 403 g/mol. The number of benzene rings is 1. The molecule has 2 aliphatic rings. The molecule has 0 radical (unpaired) electrons. The zero-order valence-corrected chi connectivity index (χ0v) is 15.2. The second-order valence-electron chi connectivity index (χ2n) is 6.57. The van der Waals surface area contributed by atoms with Crippen LogP contribution in [0.15, 0.2) is 24.3 Å². The number of hydrogen-bond donors (Lipinski definition) is 0. The highest BCUT2D eigenvalue weighted by molar-refractivity contribution is 7.91. The summed E-state index contributed by atoms with van der Waals surface area (Å²) in [7, 11) is -3.13. The summed E-state index contributed by atoms with van der Waals surface area (Å²) in [5, 5.41) is 0. The molecule has 0 bridgehead atoms. The molecule has 0 spiro atoms. The van der Waals surface area contributed by atoms with E-state index < -0.39 is 34.9 Å². The Labute approximate surface area is 155 Å². The summed E-state index contributed by atoms with van der Waals surface area (Å²) < 4.78 is 56.8. The average Bonchev–Trinajstić information content (AvgIpc) is 3.36. The van der Waals surface area contributed by atoms with Crippen LogP contribution in [0, 0.1) is 0 Å². The van der Waals surface area contributed by atoms with Gasteiger partial charge in [0.25, 0.3) is 5.91 Å². The van der Waals surface area contributed by atoms with Gasteiger partial charge in [-0.25, -0.2) is 13.2 Å². The summed E-state index contributed by atoms with van der Waals surface area (Å²) in [6.45, 7) is -3.46. The lowest BCUT2D eigenvalue weighted by Crippen LogP contribution is -2.44. The third kappa shape index (κ3) is 5.15. The van der Waals surface area contributed by atoms with E-state index in [0.717, 1.165) is 12.8 Å². The van der Waals surface area contributed by atoms with Crippen LogP contribution in [0.2, 0.25) is 0 Å². The molecule has 7 nitrogen and oxygen atoms in total. The van der Waals surface area contributed by atoms with Crippen LogP contribution in [0.4, 0.5) is 8.78 Å². The zero-order valence-electron chi connectivity index (χ0n) is 14.3. The van der Waals surface area contributed by atoms with E-state index >= 15 is 0 Å². The first-order chi connectivity index (χ1) is 12.7. The summed E-state index contributed by atoms with van der Waals surface area (Å²) in [6, 6.07) is 4.54. The molecule has 1 saturated heterocycles. The van der Waals surface area contributed by atoms with E-state index in [2.05, 4.69) is 4.74 Å². The van der Waals surface area contributed by atoms with E-state index in [-0.39, 0.29) is 34.9 Å². The van der Waals surface area contributed by atoms with Crippen LogP contribution in [0.3, 0.4) is 0 Å². The molecule has 1 aliphatic heterocycles. The Balaban J connectivity index is 1.56. The van der Waals surface area contributed by atoms with Gasteiger partial charge >= 0.3 is 12.6 Å². The highest BCUT2D eigenvalue weighted by atomic mass is 32.2. The van der Waals surface area contributed by atoms with Gasteiger partial charge in [-0.1, -0.05) is 0 Å². The summed E-state index contributed by atoms with van der Waals surface area (Å²) in [5.41, 5.74) is 0.0887. The Morgan fingerprint density at radius 1 is 1.11 bits per heavy atom. The lowest BCUT2D eigenvalue weighted by atomic mass is 10.2. The maximum atomic E-state index is 12.5. The van der Waals surface area contributed by atoms with E-state index in [4.69, 9.17) is 4.74 Å². The third-order valence-corrected chi connectivity index (χ3v) is 6.22. The van der Waals surface area contributed by atoms with Crippen molar-refractivity contribution in [3.63, 3.8) is 0 Å². The fourth-order valence-corrected chi connectivity index (χ4v) is 4.82. The van der Waals surface area contributed by atoms with Crippen molar-refractivity contribution in [1.82, 2.24) is 4.90 Å². The molecule has 0 aromatic heterocycles. The van der Waals surface area contributed by atoms with Gasteiger partial charge in [0.1, 0.15) is 5.75 Å². The molecule has 1 saturated carbocycles. The SMILES string of the molecule is O=C(OCC(=O)N(C1CC1)[C@@H]1CCS(=O)(=O)C1)c1ccc(OC(F)F)cc1. The molecule has 1 aromatic carbocycles. The average molecular weight is 403 g/mol. The van der Waals surface area contributed by atoms with Crippen LogP contribution in [-0.4, -0.2) is 62.0 Å². The third-order valence-electron chi connectivity index (χ3n) is 4.47. The van der Waals surface area contributed by atoms with Crippen LogP contribution in [0.1, 0.15) is 29.6 Å². The maximum absolute atomic E-state index is 12.5. The molecule has 1 heterocycles. The van der Waals surface area contributed by atoms with Crippen molar-refractivity contribution >= 4 is 21.7 Å². The predicted octanol–water partition coefficient (Wildman–Crippen LogP) is 1.62. The first-order valence-corrected chi connectivity index (χ1v) is 10.3. The molecule has 0 unspecified atom stereocenters. The van der Waals surface area contributed by atoms with Crippen molar-refractivity contribution in [2.75, 3.05) is 18.1 Å². The first kappa shape index (κ1) is 19.5. The second-order valence-corrected chi connectivity index (χ2v) is 8.80. The highest BCUT2D eigenvalue weighted by Crippen LogP contribution is 2.32. The van der Waals surface area contributed by atoms with E-state index in [1.54, 1.807) is 0 Å². The standard InChI is InChI=1S/C17H19F2NO6S/c18-17(19)26-14-5-1-11(2-6-14)16(22)25-9-15(21)20(12-3-4-12)13-7-8-27(23,24)10-13/h1-2,5-6,12-13,17H,3-4,7-10H2/t13-/m1/s1. The van der Waals surface area contributed by atoms with E-state index in [1.165, 1.54) is 29.2 Å². The topological polar surface area (TPSA) is 90.0 Å². The molecule has 148 valence electrons. The number of nitrogens with zero attached hydrogens (tertiary/aromatic N) is 1. The van der Waals surface area contributed by atoms with Crippen molar-refractivity contribution in [2.45, 2.75) is 38.0 Å². The van der Waals surface area contributed by atoms with Crippen molar-refractivity contribution in [2.24, 2.45) is 0 Å². The Bertz CT molecular complexity index is 807. The smallest absolute Gasteiger partial charge is 0.387 e. The highest BCUT2D eigenvalue weighted by Gasteiger charge is 2.42. The van der Waals surface area contributed by atoms with Gasteiger partial charge in [-0.05, 0) is 43.5 Å². The van der Waals surface area contributed by atoms with Gasteiger partial charge in [-0.15, -0.1) is 0 Å². The second kappa shape index (κ2) is 7.79. The number of amides is 1. The number of sulfone groups is 1. The van der Waals surface area contributed by atoms with Gasteiger partial charge in [-0.2, -0.15) is 8.78 Å². The fraction of sp³-hybridized carbons (Fsp3) is 0.529. The van der Waals surface area contributed by atoms with Gasteiger partial charge in [0.15, 0.2) is 16.4 Å². The molecule has 0 N–H and O–H groups in total. The number of halogens is 2. The number of alkyl halides is 2. The van der Waals surface area contributed by atoms with Gasteiger partial charge in [0, 0.05) is 12.1 Å². The van der Waals surface area contributed by atoms with Crippen LogP contribution < -0.4 is 4.74 Å². The van der Waals surface area contributed by atoms with Gasteiger partial charge < -0.3 is 14.4 Å². The Morgan fingerprint density at radius 2 is 1.78 bits per heavy atom. The fourth-order valence-electron chi connectivity index (χ4n) is 3.11. The number of esters is 1. The van der Waals surface area contributed by atoms with Crippen molar-refractivity contribution < 1.29 is 36.3 Å². The van der Waals surface area contributed by atoms with Crippen molar-refractivity contribution in [3.05, 3.63) is 29.8 Å². The molecule has 10 heteroatoms. The molecule has 1 aromatic rings. The van der Waals surface area contributed by atoms with Gasteiger partial charge in [-0.3, -0.25) is 4.79 Å². The van der Waals surface area contributed by atoms with Crippen LogP contribution in [-0.2, 0) is 19.4 Å². The number of rotatable bonds is 7. The molecule has 1 amide bonds. The largest absolute Gasteiger partial charge is 0.452 e. The minimum absolute atomic E-state index is 0.000261. The number of carbonyl (C=O) groups is 2. The van der Waals surface area contributed by atoms with Crippen LogP contribution in [0.5, 0.6) is 5.75 Å². The van der Waals surface area contributed by atoms with Crippen molar-refractivity contribution in [1.29, 1.82) is 0 Å². The Hall–Kier alpha value is -2.23. The molecule has 2 fully saturated rings. The summed E-state index contributed by atoms with van der Waals surface area (Å²) in [5.74, 6) is -1.30.